The number of aromatic nitrogens is 7. The SMILES string of the molecule is CCCCc1cn(CC)c(=O)n1Cc1ccc(-c2ccncc2-c2nnn[nH]2)cc1. The molecule has 30 heavy (non-hydrogen) atoms. The first-order chi connectivity index (χ1) is 14.7. The van der Waals surface area contributed by atoms with E-state index in [-0.39, 0.29) is 5.69 Å². The number of tetrazole rings is 1. The van der Waals surface area contributed by atoms with Crippen LogP contribution in [0.3, 0.4) is 0 Å². The molecule has 0 aliphatic rings. The summed E-state index contributed by atoms with van der Waals surface area (Å²) < 4.78 is 3.68. The molecule has 3 heterocycles. The van der Waals surface area contributed by atoms with E-state index in [1.807, 2.05) is 23.8 Å². The molecule has 1 N–H and O–H groups in total. The molecule has 154 valence electrons. The number of nitrogens with zero attached hydrogens (tertiary/aromatic N) is 6. The van der Waals surface area contributed by atoms with Crippen molar-refractivity contribution >= 4 is 0 Å². The number of nitrogens with one attached hydrogen (secondary N) is 1. The number of rotatable bonds is 8. The Bertz CT molecular complexity index is 1160. The summed E-state index contributed by atoms with van der Waals surface area (Å²) >= 11 is 0. The number of H-pyrrole nitrogens is 1. The Morgan fingerprint density at radius 3 is 2.60 bits per heavy atom. The molecule has 3 aromatic heterocycles. The summed E-state index contributed by atoms with van der Waals surface area (Å²) in [4.78, 5) is 16.9. The summed E-state index contributed by atoms with van der Waals surface area (Å²) in [6.07, 6.45) is 8.61. The Hall–Kier alpha value is -3.55. The highest BCUT2D eigenvalue weighted by molar-refractivity contribution is 5.79. The molecule has 4 rings (SSSR count). The maximum Gasteiger partial charge on any atom is 0.328 e. The highest BCUT2D eigenvalue weighted by Crippen LogP contribution is 2.29. The van der Waals surface area contributed by atoms with Gasteiger partial charge in [0.2, 0.25) is 0 Å². The number of pyridine rings is 1. The van der Waals surface area contributed by atoms with Gasteiger partial charge in [0.05, 0.1) is 6.54 Å². The number of hydrogen-bond donors (Lipinski definition) is 1. The van der Waals surface area contributed by atoms with Gasteiger partial charge in [-0.2, -0.15) is 0 Å². The maximum absolute atomic E-state index is 12.7. The van der Waals surface area contributed by atoms with Crippen LogP contribution in [0, 0.1) is 0 Å². The third-order valence-electron chi connectivity index (χ3n) is 5.28. The van der Waals surface area contributed by atoms with Gasteiger partial charge in [0.25, 0.3) is 0 Å². The average Bonchev–Trinajstić information content (AvgIpc) is 3.42. The summed E-state index contributed by atoms with van der Waals surface area (Å²) in [6.45, 7) is 5.42. The minimum absolute atomic E-state index is 0.0573. The van der Waals surface area contributed by atoms with Gasteiger partial charge in [-0.15, -0.1) is 5.10 Å². The van der Waals surface area contributed by atoms with Crippen molar-refractivity contribution in [3.8, 4) is 22.5 Å². The third kappa shape index (κ3) is 3.94. The van der Waals surface area contributed by atoms with E-state index < -0.39 is 0 Å². The Morgan fingerprint density at radius 1 is 1.07 bits per heavy atom. The molecule has 0 radical (unpaired) electrons. The summed E-state index contributed by atoms with van der Waals surface area (Å²) in [5.41, 5.74) is 5.12. The zero-order chi connectivity index (χ0) is 20.9. The Kier molecular flexibility index (Phi) is 5.83. The number of hydrogen-bond acceptors (Lipinski definition) is 5. The lowest BCUT2D eigenvalue weighted by atomic mass is 10.00. The summed E-state index contributed by atoms with van der Waals surface area (Å²) in [6, 6.07) is 10.2. The van der Waals surface area contributed by atoms with Crippen molar-refractivity contribution in [2.75, 3.05) is 0 Å². The fourth-order valence-electron chi connectivity index (χ4n) is 3.62. The standard InChI is InChI=1S/C22H25N7O/c1-3-5-6-18-15-28(4-2)22(30)29(18)14-16-7-9-17(10-8-16)19-11-12-23-13-20(19)21-24-26-27-25-21/h7-13,15H,3-6,14H2,1-2H3,(H,24,25,26,27). The fourth-order valence-corrected chi connectivity index (χ4v) is 3.62. The monoisotopic (exact) mass is 403 g/mol. The van der Waals surface area contributed by atoms with Crippen molar-refractivity contribution in [2.45, 2.75) is 46.2 Å². The molecule has 8 nitrogen and oxygen atoms in total. The van der Waals surface area contributed by atoms with Gasteiger partial charge in [-0.3, -0.25) is 14.1 Å². The van der Waals surface area contributed by atoms with E-state index in [1.54, 1.807) is 17.0 Å². The van der Waals surface area contributed by atoms with Crippen LogP contribution in [-0.2, 0) is 19.5 Å². The van der Waals surface area contributed by atoms with Crippen molar-refractivity contribution in [3.63, 3.8) is 0 Å². The van der Waals surface area contributed by atoms with Crippen LogP contribution in [0.1, 0.15) is 37.9 Å². The molecular formula is C22H25N7O. The van der Waals surface area contributed by atoms with Crippen LogP contribution in [0.5, 0.6) is 0 Å². The Morgan fingerprint density at radius 2 is 1.90 bits per heavy atom. The molecule has 0 saturated carbocycles. The maximum atomic E-state index is 12.7. The predicted molar refractivity (Wildman–Crippen MR) is 115 cm³/mol. The Labute approximate surface area is 174 Å². The van der Waals surface area contributed by atoms with E-state index >= 15 is 0 Å². The minimum atomic E-state index is 0.0573. The molecule has 1 aromatic carbocycles. The first kappa shape index (κ1) is 19.8. The quantitative estimate of drug-likeness (QED) is 0.487. The van der Waals surface area contributed by atoms with E-state index in [0.29, 0.717) is 18.9 Å². The van der Waals surface area contributed by atoms with Gasteiger partial charge in [-0.25, -0.2) is 9.89 Å². The molecule has 0 amide bonds. The van der Waals surface area contributed by atoms with Crippen LogP contribution >= 0.6 is 0 Å². The average molecular weight is 403 g/mol. The molecule has 0 aliphatic heterocycles. The molecule has 4 aromatic rings. The van der Waals surface area contributed by atoms with Gasteiger partial charge in [-0.05, 0) is 52.9 Å². The largest absolute Gasteiger partial charge is 0.328 e. The summed E-state index contributed by atoms with van der Waals surface area (Å²) in [7, 11) is 0. The normalized spacial score (nSPS) is 11.1. The van der Waals surface area contributed by atoms with E-state index in [0.717, 1.165) is 47.2 Å². The second kappa shape index (κ2) is 8.86. The molecule has 0 bridgehead atoms. The van der Waals surface area contributed by atoms with E-state index in [2.05, 4.69) is 56.8 Å². The van der Waals surface area contributed by atoms with Crippen LogP contribution in [0.4, 0.5) is 0 Å². The molecule has 0 fully saturated rings. The smallest absolute Gasteiger partial charge is 0.299 e. The van der Waals surface area contributed by atoms with Crippen LogP contribution < -0.4 is 5.69 Å². The van der Waals surface area contributed by atoms with E-state index in [1.165, 1.54) is 0 Å². The lowest BCUT2D eigenvalue weighted by Crippen LogP contribution is -2.25. The molecular weight excluding hydrogens is 378 g/mol. The number of aromatic amines is 1. The van der Waals surface area contributed by atoms with Gasteiger partial charge in [0.1, 0.15) is 0 Å². The minimum Gasteiger partial charge on any atom is -0.299 e. The zero-order valence-corrected chi connectivity index (χ0v) is 17.2. The topological polar surface area (TPSA) is 94.3 Å². The van der Waals surface area contributed by atoms with Crippen LogP contribution in [-0.4, -0.2) is 34.7 Å². The number of benzene rings is 1. The van der Waals surface area contributed by atoms with Gasteiger partial charge in [0.15, 0.2) is 5.82 Å². The van der Waals surface area contributed by atoms with Crippen molar-refractivity contribution in [1.82, 2.24) is 34.7 Å². The summed E-state index contributed by atoms with van der Waals surface area (Å²) in [5.74, 6) is 0.579. The molecule has 0 aliphatic carbocycles. The zero-order valence-electron chi connectivity index (χ0n) is 17.2. The van der Waals surface area contributed by atoms with E-state index in [9.17, 15) is 4.79 Å². The summed E-state index contributed by atoms with van der Waals surface area (Å²) in [5, 5.41) is 14.1. The van der Waals surface area contributed by atoms with Gasteiger partial charge >= 0.3 is 5.69 Å². The first-order valence-corrected chi connectivity index (χ1v) is 10.3. The van der Waals surface area contributed by atoms with Crippen LogP contribution in [0.2, 0.25) is 0 Å². The first-order valence-electron chi connectivity index (χ1n) is 10.3. The van der Waals surface area contributed by atoms with Crippen LogP contribution in [0.25, 0.3) is 22.5 Å². The molecule has 0 spiro atoms. The van der Waals surface area contributed by atoms with Crippen LogP contribution in [0.15, 0.2) is 53.7 Å². The lowest BCUT2D eigenvalue weighted by Gasteiger charge is -2.10. The van der Waals surface area contributed by atoms with E-state index in [4.69, 9.17) is 0 Å². The second-order valence-corrected chi connectivity index (χ2v) is 7.25. The molecule has 0 atom stereocenters. The lowest BCUT2D eigenvalue weighted by molar-refractivity contribution is 0.647. The second-order valence-electron chi connectivity index (χ2n) is 7.25. The van der Waals surface area contributed by atoms with Gasteiger partial charge < -0.3 is 0 Å². The van der Waals surface area contributed by atoms with Gasteiger partial charge in [0, 0.05) is 36.4 Å². The number of aryl methyl sites for hydroxylation is 2. The van der Waals surface area contributed by atoms with Crippen molar-refractivity contribution < 1.29 is 0 Å². The van der Waals surface area contributed by atoms with Crippen molar-refractivity contribution in [1.29, 1.82) is 0 Å². The molecule has 0 unspecified atom stereocenters. The van der Waals surface area contributed by atoms with Crippen molar-refractivity contribution in [3.05, 3.63) is 70.7 Å². The molecule has 0 saturated heterocycles. The van der Waals surface area contributed by atoms with Gasteiger partial charge in [-0.1, -0.05) is 37.6 Å². The number of unbranched alkanes of at least 4 members (excludes halogenated alkanes) is 1. The fraction of sp³-hybridized carbons (Fsp3) is 0.318. The predicted octanol–water partition coefficient (Wildman–Crippen LogP) is 3.30. The molecule has 8 heteroatoms. The van der Waals surface area contributed by atoms with Crippen molar-refractivity contribution in [2.24, 2.45) is 0 Å². The number of imidazole rings is 1. The Balaban J connectivity index is 1.62. The third-order valence-corrected chi connectivity index (χ3v) is 5.28. The highest BCUT2D eigenvalue weighted by Gasteiger charge is 2.13. The highest BCUT2D eigenvalue weighted by atomic mass is 16.1.